The summed E-state index contributed by atoms with van der Waals surface area (Å²) in [4.78, 5) is 10.8. The third-order valence-corrected chi connectivity index (χ3v) is 2.39. The molecule has 0 aliphatic heterocycles. The molecular weight excluding hydrogens is 244 g/mol. The van der Waals surface area contributed by atoms with Crippen molar-refractivity contribution in [3.63, 3.8) is 0 Å². The molecule has 0 amide bonds. The van der Waals surface area contributed by atoms with Crippen molar-refractivity contribution in [2.75, 3.05) is 0 Å². The number of carbonyl (C=O) groups is 1. The van der Waals surface area contributed by atoms with Crippen LogP contribution in [0.2, 0.25) is 0 Å². The highest BCUT2D eigenvalue weighted by molar-refractivity contribution is 9.10. The molecule has 76 valence electrons. The van der Waals surface area contributed by atoms with Crippen LogP contribution in [0.4, 0.5) is 0 Å². The summed E-state index contributed by atoms with van der Waals surface area (Å²) in [6.07, 6.45) is 0.653. The van der Waals surface area contributed by atoms with Crippen molar-refractivity contribution in [1.29, 1.82) is 0 Å². The third-order valence-electron chi connectivity index (χ3n) is 1.90. The SMILES string of the molecule is CCC(OC(C)=O)c1cccc(Br)c1. The minimum Gasteiger partial charge on any atom is -0.458 e. The summed E-state index contributed by atoms with van der Waals surface area (Å²) in [7, 11) is 0. The Morgan fingerprint density at radius 2 is 2.29 bits per heavy atom. The first-order valence-electron chi connectivity index (χ1n) is 4.56. The summed E-state index contributed by atoms with van der Waals surface area (Å²) in [5.74, 6) is -0.239. The van der Waals surface area contributed by atoms with E-state index in [4.69, 9.17) is 4.74 Å². The van der Waals surface area contributed by atoms with E-state index in [2.05, 4.69) is 15.9 Å². The molecule has 0 bridgehead atoms. The van der Waals surface area contributed by atoms with Gasteiger partial charge in [0, 0.05) is 11.4 Å². The van der Waals surface area contributed by atoms with Gasteiger partial charge >= 0.3 is 5.97 Å². The fourth-order valence-electron chi connectivity index (χ4n) is 1.29. The summed E-state index contributed by atoms with van der Waals surface area (Å²) in [6.45, 7) is 3.43. The van der Waals surface area contributed by atoms with Crippen LogP contribution in [0.25, 0.3) is 0 Å². The summed E-state index contributed by atoms with van der Waals surface area (Å²) < 4.78 is 6.18. The zero-order chi connectivity index (χ0) is 10.6. The highest BCUT2D eigenvalue weighted by atomic mass is 79.9. The van der Waals surface area contributed by atoms with Crippen molar-refractivity contribution in [1.82, 2.24) is 0 Å². The molecule has 0 N–H and O–H groups in total. The average Bonchev–Trinajstić information content (AvgIpc) is 2.14. The Kier molecular flexibility index (Phi) is 4.14. The van der Waals surface area contributed by atoms with E-state index in [1.165, 1.54) is 6.92 Å². The Hall–Kier alpha value is -0.830. The van der Waals surface area contributed by atoms with Crippen LogP contribution in [-0.4, -0.2) is 5.97 Å². The van der Waals surface area contributed by atoms with Crippen LogP contribution in [0.5, 0.6) is 0 Å². The first-order chi connectivity index (χ1) is 6.63. The topological polar surface area (TPSA) is 26.3 Å². The van der Waals surface area contributed by atoms with Crippen molar-refractivity contribution in [2.45, 2.75) is 26.4 Å². The molecule has 0 radical (unpaired) electrons. The molecule has 1 rings (SSSR count). The number of carbonyl (C=O) groups excluding carboxylic acids is 1. The summed E-state index contributed by atoms with van der Waals surface area (Å²) in [6, 6.07) is 7.81. The average molecular weight is 257 g/mol. The number of benzene rings is 1. The zero-order valence-corrected chi connectivity index (χ0v) is 9.87. The van der Waals surface area contributed by atoms with Crippen LogP contribution < -0.4 is 0 Å². The van der Waals surface area contributed by atoms with Gasteiger partial charge in [0.15, 0.2) is 0 Å². The largest absolute Gasteiger partial charge is 0.458 e. The number of rotatable bonds is 3. The first-order valence-corrected chi connectivity index (χ1v) is 5.35. The van der Waals surface area contributed by atoms with E-state index >= 15 is 0 Å². The molecule has 1 aromatic rings. The smallest absolute Gasteiger partial charge is 0.303 e. The molecule has 0 saturated heterocycles. The molecule has 1 atom stereocenters. The molecule has 1 unspecified atom stereocenters. The molecular formula is C11H13BrO2. The van der Waals surface area contributed by atoms with E-state index in [0.717, 1.165) is 16.5 Å². The molecule has 0 spiro atoms. The standard InChI is InChI=1S/C11H13BrO2/c1-3-11(14-8(2)13)9-5-4-6-10(12)7-9/h4-7,11H,3H2,1-2H3. The van der Waals surface area contributed by atoms with Gasteiger partial charge in [-0.15, -0.1) is 0 Å². The zero-order valence-electron chi connectivity index (χ0n) is 8.29. The fourth-order valence-corrected chi connectivity index (χ4v) is 1.71. The maximum Gasteiger partial charge on any atom is 0.303 e. The van der Waals surface area contributed by atoms with Gasteiger partial charge in [0.1, 0.15) is 6.10 Å². The number of esters is 1. The van der Waals surface area contributed by atoms with E-state index in [1.54, 1.807) is 0 Å². The van der Waals surface area contributed by atoms with Gasteiger partial charge in [-0.1, -0.05) is 35.0 Å². The van der Waals surface area contributed by atoms with Crippen molar-refractivity contribution in [2.24, 2.45) is 0 Å². The van der Waals surface area contributed by atoms with Crippen LogP contribution in [0.1, 0.15) is 31.9 Å². The summed E-state index contributed by atoms with van der Waals surface area (Å²) in [5, 5.41) is 0. The van der Waals surface area contributed by atoms with Crippen molar-refractivity contribution in [3.8, 4) is 0 Å². The molecule has 0 fully saturated rings. The van der Waals surface area contributed by atoms with E-state index in [9.17, 15) is 4.79 Å². The Morgan fingerprint density at radius 1 is 1.57 bits per heavy atom. The van der Waals surface area contributed by atoms with Gasteiger partial charge in [-0.2, -0.15) is 0 Å². The van der Waals surface area contributed by atoms with Crippen LogP contribution in [0.3, 0.4) is 0 Å². The second kappa shape index (κ2) is 5.15. The van der Waals surface area contributed by atoms with Crippen molar-refractivity contribution < 1.29 is 9.53 Å². The van der Waals surface area contributed by atoms with Crippen LogP contribution in [0, 0.1) is 0 Å². The second-order valence-electron chi connectivity index (χ2n) is 3.06. The Bertz CT molecular complexity index is 323. The van der Waals surface area contributed by atoms with Crippen LogP contribution in [-0.2, 0) is 9.53 Å². The Morgan fingerprint density at radius 3 is 2.79 bits per heavy atom. The normalized spacial score (nSPS) is 12.2. The van der Waals surface area contributed by atoms with Crippen LogP contribution in [0.15, 0.2) is 28.7 Å². The van der Waals surface area contributed by atoms with E-state index in [1.807, 2.05) is 31.2 Å². The minimum absolute atomic E-state index is 0.134. The highest BCUT2D eigenvalue weighted by Gasteiger charge is 2.11. The number of hydrogen-bond donors (Lipinski definition) is 0. The number of hydrogen-bond acceptors (Lipinski definition) is 2. The minimum atomic E-state index is -0.239. The molecule has 0 saturated carbocycles. The molecule has 0 aliphatic rings. The predicted molar refractivity (Wildman–Crippen MR) is 58.9 cm³/mol. The molecule has 3 heteroatoms. The van der Waals surface area contributed by atoms with Gasteiger partial charge in [0.25, 0.3) is 0 Å². The van der Waals surface area contributed by atoms with Gasteiger partial charge < -0.3 is 4.74 Å². The number of halogens is 1. The predicted octanol–water partition coefficient (Wildman–Crippen LogP) is 3.46. The van der Waals surface area contributed by atoms with Gasteiger partial charge in [-0.25, -0.2) is 0 Å². The van der Waals surface area contributed by atoms with Gasteiger partial charge in [-0.3, -0.25) is 4.79 Å². The lowest BCUT2D eigenvalue weighted by molar-refractivity contribution is -0.146. The summed E-state index contributed by atoms with van der Waals surface area (Å²) >= 11 is 3.39. The molecule has 0 heterocycles. The summed E-state index contributed by atoms with van der Waals surface area (Å²) in [5.41, 5.74) is 1.03. The van der Waals surface area contributed by atoms with E-state index in [0.29, 0.717) is 0 Å². The van der Waals surface area contributed by atoms with Crippen molar-refractivity contribution in [3.05, 3.63) is 34.3 Å². The van der Waals surface area contributed by atoms with E-state index < -0.39 is 0 Å². The van der Waals surface area contributed by atoms with Gasteiger partial charge in [-0.05, 0) is 24.1 Å². The molecule has 2 nitrogen and oxygen atoms in total. The van der Waals surface area contributed by atoms with Gasteiger partial charge in [0.2, 0.25) is 0 Å². The Labute approximate surface area is 92.4 Å². The van der Waals surface area contributed by atoms with E-state index in [-0.39, 0.29) is 12.1 Å². The number of ether oxygens (including phenoxy) is 1. The Balaban J connectivity index is 2.83. The first kappa shape index (κ1) is 11.2. The quantitative estimate of drug-likeness (QED) is 0.775. The lowest BCUT2D eigenvalue weighted by Gasteiger charge is -2.15. The third kappa shape index (κ3) is 3.14. The lowest BCUT2D eigenvalue weighted by Crippen LogP contribution is -2.07. The highest BCUT2D eigenvalue weighted by Crippen LogP contribution is 2.23. The molecule has 1 aromatic carbocycles. The van der Waals surface area contributed by atoms with Crippen molar-refractivity contribution >= 4 is 21.9 Å². The fraction of sp³-hybridized carbons (Fsp3) is 0.364. The maximum absolute atomic E-state index is 10.8. The van der Waals surface area contributed by atoms with Gasteiger partial charge in [0.05, 0.1) is 0 Å². The molecule has 0 aliphatic carbocycles. The monoisotopic (exact) mass is 256 g/mol. The maximum atomic E-state index is 10.8. The second-order valence-corrected chi connectivity index (χ2v) is 3.98. The molecule has 0 aromatic heterocycles. The van der Waals surface area contributed by atoms with Crippen LogP contribution >= 0.6 is 15.9 Å². The molecule has 14 heavy (non-hydrogen) atoms. The lowest BCUT2D eigenvalue weighted by atomic mass is 10.1.